The lowest BCUT2D eigenvalue weighted by molar-refractivity contribution is 0.107. The van der Waals surface area contributed by atoms with Crippen molar-refractivity contribution in [1.29, 1.82) is 0 Å². The fraction of sp³-hybridized carbons (Fsp3) is 0.286. The molecule has 0 aliphatic carbocycles. The van der Waals surface area contributed by atoms with Crippen molar-refractivity contribution in [2.24, 2.45) is 5.16 Å². The Labute approximate surface area is 163 Å². The molecule has 0 atom stereocenters. The Bertz CT molecular complexity index is 933. The summed E-state index contributed by atoms with van der Waals surface area (Å²) >= 11 is 0. The highest BCUT2D eigenvalue weighted by Crippen LogP contribution is 2.31. The zero-order valence-corrected chi connectivity index (χ0v) is 16.4. The molecule has 3 aromatic rings. The summed E-state index contributed by atoms with van der Waals surface area (Å²) in [7, 11) is 3.17. The summed E-state index contributed by atoms with van der Waals surface area (Å²) in [5.41, 5.74) is 2.94. The van der Waals surface area contributed by atoms with Crippen molar-refractivity contribution in [2.75, 3.05) is 14.2 Å². The van der Waals surface area contributed by atoms with Crippen molar-refractivity contribution < 1.29 is 18.8 Å². The summed E-state index contributed by atoms with van der Waals surface area (Å²) in [4.78, 5) is 9.59. The van der Waals surface area contributed by atoms with Gasteiger partial charge in [-0.1, -0.05) is 48.4 Å². The molecule has 0 fully saturated rings. The first-order valence-corrected chi connectivity index (χ1v) is 8.91. The van der Waals surface area contributed by atoms with Gasteiger partial charge in [-0.2, -0.15) is 4.98 Å². The van der Waals surface area contributed by atoms with Gasteiger partial charge in [0.2, 0.25) is 5.82 Å². The monoisotopic (exact) mass is 381 g/mol. The summed E-state index contributed by atoms with van der Waals surface area (Å²) in [5.74, 6) is 2.50. The third kappa shape index (κ3) is 4.68. The van der Waals surface area contributed by atoms with Gasteiger partial charge in [0.05, 0.1) is 26.0 Å². The van der Waals surface area contributed by atoms with Crippen LogP contribution >= 0.6 is 0 Å². The van der Waals surface area contributed by atoms with Gasteiger partial charge in [0.15, 0.2) is 6.61 Å². The van der Waals surface area contributed by atoms with Crippen molar-refractivity contribution in [3.8, 4) is 22.9 Å². The van der Waals surface area contributed by atoms with Crippen LogP contribution in [0.2, 0.25) is 0 Å². The third-order valence-corrected chi connectivity index (χ3v) is 4.19. The van der Waals surface area contributed by atoms with Gasteiger partial charge in [0.1, 0.15) is 11.5 Å². The predicted molar refractivity (Wildman–Crippen MR) is 106 cm³/mol. The molecule has 1 aromatic heterocycles. The molecule has 0 saturated carbocycles. The largest absolute Gasteiger partial charge is 0.497 e. The van der Waals surface area contributed by atoms with Crippen LogP contribution in [0, 0.1) is 0 Å². The molecule has 0 N–H and O–H groups in total. The van der Waals surface area contributed by atoms with Crippen molar-refractivity contribution >= 4 is 6.21 Å². The van der Waals surface area contributed by atoms with Gasteiger partial charge in [0, 0.05) is 6.07 Å². The first-order valence-electron chi connectivity index (χ1n) is 8.91. The molecule has 0 radical (unpaired) electrons. The van der Waals surface area contributed by atoms with Crippen molar-refractivity contribution in [3.63, 3.8) is 0 Å². The van der Waals surface area contributed by atoms with Gasteiger partial charge in [-0.25, -0.2) is 0 Å². The molecular formula is C21H23N3O4. The minimum Gasteiger partial charge on any atom is -0.497 e. The average molecular weight is 381 g/mol. The van der Waals surface area contributed by atoms with Crippen LogP contribution in [0.4, 0.5) is 0 Å². The Kier molecular flexibility index (Phi) is 6.26. The molecule has 0 amide bonds. The minimum absolute atomic E-state index is 0.0754. The maximum Gasteiger partial charge on any atom is 0.267 e. The molecule has 28 heavy (non-hydrogen) atoms. The molecule has 3 rings (SSSR count). The van der Waals surface area contributed by atoms with E-state index in [9.17, 15) is 0 Å². The van der Waals surface area contributed by atoms with E-state index in [4.69, 9.17) is 18.8 Å². The number of nitrogens with zero attached hydrogens (tertiary/aromatic N) is 3. The van der Waals surface area contributed by atoms with Crippen molar-refractivity contribution in [3.05, 3.63) is 59.5 Å². The van der Waals surface area contributed by atoms with E-state index in [0.717, 1.165) is 5.56 Å². The molecule has 0 bridgehead atoms. The molecule has 7 heteroatoms. The molecule has 0 saturated heterocycles. The minimum atomic E-state index is 0.0754. The molecule has 0 spiro atoms. The molecular weight excluding hydrogens is 358 g/mol. The molecule has 2 aromatic carbocycles. The fourth-order valence-electron chi connectivity index (χ4n) is 2.56. The summed E-state index contributed by atoms with van der Waals surface area (Å²) in [6, 6.07) is 13.5. The lowest BCUT2D eigenvalue weighted by Gasteiger charge is -2.07. The van der Waals surface area contributed by atoms with Crippen LogP contribution in [0.25, 0.3) is 11.4 Å². The Morgan fingerprint density at radius 3 is 2.54 bits per heavy atom. The number of oxime groups is 1. The van der Waals surface area contributed by atoms with Gasteiger partial charge in [-0.15, -0.1) is 0 Å². The molecule has 1 heterocycles. The van der Waals surface area contributed by atoms with E-state index < -0.39 is 0 Å². The number of benzene rings is 2. The zero-order chi connectivity index (χ0) is 19.9. The number of hydrogen-bond donors (Lipinski definition) is 0. The van der Waals surface area contributed by atoms with Crippen LogP contribution in [0.3, 0.4) is 0 Å². The van der Waals surface area contributed by atoms with E-state index in [-0.39, 0.29) is 6.61 Å². The van der Waals surface area contributed by atoms with E-state index in [2.05, 4.69) is 41.3 Å². The predicted octanol–water partition coefficient (Wildman–Crippen LogP) is 4.43. The number of hydrogen-bond acceptors (Lipinski definition) is 7. The highest BCUT2D eigenvalue weighted by Gasteiger charge is 2.14. The highest BCUT2D eigenvalue weighted by molar-refractivity contribution is 5.79. The second-order valence-corrected chi connectivity index (χ2v) is 6.41. The average Bonchev–Trinajstić information content (AvgIpc) is 3.19. The van der Waals surface area contributed by atoms with Crippen LogP contribution in [-0.4, -0.2) is 30.6 Å². The standard InChI is InChI=1S/C21H23N3O4/c1-14(2)16-7-5-15(6-8-16)12-22-27-13-20-23-21(24-28-20)18-10-9-17(25-3)11-19(18)26-4/h5-12,14H,13H2,1-4H3/b22-12-. The third-order valence-electron chi connectivity index (χ3n) is 4.19. The summed E-state index contributed by atoms with van der Waals surface area (Å²) < 4.78 is 15.8. The van der Waals surface area contributed by atoms with Gasteiger partial charge in [0.25, 0.3) is 5.89 Å². The SMILES string of the molecule is COc1ccc(-c2noc(CO/N=C\c3ccc(C(C)C)cc3)n2)c(OC)c1. The molecule has 0 aliphatic rings. The fourth-order valence-corrected chi connectivity index (χ4v) is 2.56. The Morgan fingerprint density at radius 1 is 1.07 bits per heavy atom. The lowest BCUT2D eigenvalue weighted by atomic mass is 10.0. The second-order valence-electron chi connectivity index (χ2n) is 6.41. The van der Waals surface area contributed by atoms with Gasteiger partial charge in [-0.3, -0.25) is 0 Å². The molecule has 7 nitrogen and oxygen atoms in total. The van der Waals surface area contributed by atoms with Crippen molar-refractivity contribution in [1.82, 2.24) is 10.1 Å². The Hall–Kier alpha value is -3.35. The first-order chi connectivity index (χ1) is 13.6. The molecule has 146 valence electrons. The first kappa shape index (κ1) is 19.4. The van der Waals surface area contributed by atoms with E-state index in [1.165, 1.54) is 5.56 Å². The van der Waals surface area contributed by atoms with E-state index in [1.54, 1.807) is 32.6 Å². The summed E-state index contributed by atoms with van der Waals surface area (Å²) in [6.07, 6.45) is 1.65. The summed E-state index contributed by atoms with van der Waals surface area (Å²) in [5, 5.41) is 7.93. The molecule has 0 unspecified atom stereocenters. The van der Waals surface area contributed by atoms with Gasteiger partial charge < -0.3 is 18.8 Å². The maximum atomic E-state index is 5.37. The van der Waals surface area contributed by atoms with Crippen LogP contribution in [-0.2, 0) is 11.4 Å². The van der Waals surface area contributed by atoms with Crippen molar-refractivity contribution in [2.45, 2.75) is 26.4 Å². The Balaban J connectivity index is 1.60. The second kappa shape index (κ2) is 9.03. The van der Waals surface area contributed by atoms with Crippen LogP contribution in [0.1, 0.15) is 36.8 Å². The summed E-state index contributed by atoms with van der Waals surface area (Å²) in [6.45, 7) is 4.39. The molecule has 0 aliphatic heterocycles. The van der Waals surface area contributed by atoms with Crippen LogP contribution in [0.5, 0.6) is 11.5 Å². The quantitative estimate of drug-likeness (QED) is 0.424. The van der Waals surface area contributed by atoms with E-state index in [1.807, 2.05) is 18.2 Å². The van der Waals surface area contributed by atoms with Gasteiger partial charge >= 0.3 is 0 Å². The van der Waals surface area contributed by atoms with Crippen LogP contribution in [0.15, 0.2) is 52.1 Å². The zero-order valence-electron chi connectivity index (χ0n) is 16.4. The van der Waals surface area contributed by atoms with E-state index in [0.29, 0.717) is 34.7 Å². The normalized spacial score (nSPS) is 11.2. The maximum absolute atomic E-state index is 5.37. The smallest absolute Gasteiger partial charge is 0.267 e. The highest BCUT2D eigenvalue weighted by atomic mass is 16.6. The number of aromatic nitrogens is 2. The number of ether oxygens (including phenoxy) is 2. The Morgan fingerprint density at radius 2 is 1.86 bits per heavy atom. The topological polar surface area (TPSA) is 79.0 Å². The van der Waals surface area contributed by atoms with Gasteiger partial charge in [-0.05, 0) is 29.2 Å². The van der Waals surface area contributed by atoms with E-state index >= 15 is 0 Å². The number of methoxy groups -OCH3 is 2. The van der Waals surface area contributed by atoms with Crippen LogP contribution < -0.4 is 9.47 Å². The lowest BCUT2D eigenvalue weighted by Crippen LogP contribution is -1.92. The number of rotatable bonds is 8.